The number of carbonyl (C=O) groups is 1. The number of aryl methyl sites for hydroxylation is 1. The van der Waals surface area contributed by atoms with Crippen LogP contribution in [0.2, 0.25) is 0 Å². The van der Waals surface area contributed by atoms with Crippen molar-refractivity contribution in [2.45, 2.75) is 32.2 Å². The maximum atomic E-state index is 11.8. The standard InChI is InChI=1S/C21H20BrN5O2/c1-3-18-25-26-21-16(8-10-19(28)29-2)24-20(15-6-4-5-11-23-15)14-12-13(22)7-9-17(14)27(18)21/h4-7,9,11-12,16H,3,8,10H2,1-2H3/t16-/m0/s1. The lowest BCUT2D eigenvalue weighted by Crippen LogP contribution is -2.10. The molecule has 1 atom stereocenters. The second-order valence-electron chi connectivity index (χ2n) is 6.65. The van der Waals surface area contributed by atoms with Crippen molar-refractivity contribution in [3.05, 3.63) is 70.0 Å². The second-order valence-corrected chi connectivity index (χ2v) is 7.56. The number of carbonyl (C=O) groups excluding carboxylic acids is 1. The minimum absolute atomic E-state index is 0.245. The minimum atomic E-state index is -0.343. The Morgan fingerprint density at radius 3 is 2.83 bits per heavy atom. The molecule has 0 bridgehead atoms. The molecule has 1 aliphatic heterocycles. The molecule has 0 unspecified atom stereocenters. The van der Waals surface area contributed by atoms with E-state index < -0.39 is 0 Å². The highest BCUT2D eigenvalue weighted by atomic mass is 79.9. The van der Waals surface area contributed by atoms with E-state index in [2.05, 4.69) is 35.7 Å². The smallest absolute Gasteiger partial charge is 0.305 e. The van der Waals surface area contributed by atoms with Crippen molar-refractivity contribution in [2.75, 3.05) is 7.11 Å². The molecule has 0 N–H and O–H groups in total. The maximum Gasteiger partial charge on any atom is 0.305 e. The summed E-state index contributed by atoms with van der Waals surface area (Å²) in [7, 11) is 1.39. The number of methoxy groups -OCH3 is 1. The summed E-state index contributed by atoms with van der Waals surface area (Å²) in [6.45, 7) is 2.05. The van der Waals surface area contributed by atoms with Gasteiger partial charge in [-0.25, -0.2) is 0 Å². The Labute approximate surface area is 177 Å². The van der Waals surface area contributed by atoms with Gasteiger partial charge < -0.3 is 4.74 Å². The number of rotatable bonds is 5. The molecule has 4 rings (SSSR count). The second kappa shape index (κ2) is 8.24. The van der Waals surface area contributed by atoms with Crippen molar-refractivity contribution < 1.29 is 9.53 Å². The van der Waals surface area contributed by atoms with Crippen molar-refractivity contribution in [2.24, 2.45) is 4.99 Å². The molecule has 29 heavy (non-hydrogen) atoms. The Balaban J connectivity index is 1.94. The topological polar surface area (TPSA) is 82.3 Å². The third-order valence-corrected chi connectivity index (χ3v) is 5.36. The Morgan fingerprint density at radius 1 is 1.24 bits per heavy atom. The van der Waals surface area contributed by atoms with Gasteiger partial charge in [0.2, 0.25) is 0 Å². The van der Waals surface area contributed by atoms with Crippen LogP contribution >= 0.6 is 15.9 Å². The van der Waals surface area contributed by atoms with Crippen LogP contribution in [0.1, 0.15) is 48.7 Å². The van der Waals surface area contributed by atoms with Crippen molar-refractivity contribution in [3.8, 4) is 5.69 Å². The van der Waals surface area contributed by atoms with E-state index in [1.54, 1.807) is 6.20 Å². The Hall–Kier alpha value is -2.87. The van der Waals surface area contributed by atoms with E-state index in [9.17, 15) is 4.79 Å². The van der Waals surface area contributed by atoms with Gasteiger partial charge in [-0.2, -0.15) is 0 Å². The number of hydrogen-bond donors (Lipinski definition) is 0. The van der Waals surface area contributed by atoms with Gasteiger partial charge >= 0.3 is 5.97 Å². The van der Waals surface area contributed by atoms with E-state index in [1.807, 2.05) is 43.3 Å². The molecule has 2 aromatic heterocycles. The fourth-order valence-corrected chi connectivity index (χ4v) is 3.83. The maximum absolute atomic E-state index is 11.8. The van der Waals surface area contributed by atoms with Crippen LogP contribution < -0.4 is 0 Å². The predicted molar refractivity (Wildman–Crippen MR) is 112 cm³/mol. The van der Waals surface area contributed by atoms with E-state index in [-0.39, 0.29) is 18.4 Å². The molecule has 0 radical (unpaired) electrons. The SMILES string of the molecule is CCc1nnc2n1-c1ccc(Br)cc1C(c1ccccn1)=N[C@H]2CCC(=O)OC. The molecule has 0 saturated heterocycles. The summed E-state index contributed by atoms with van der Waals surface area (Å²) in [6.07, 6.45) is 3.20. The largest absolute Gasteiger partial charge is 0.469 e. The number of hydrogen-bond acceptors (Lipinski definition) is 6. The van der Waals surface area contributed by atoms with Crippen LogP contribution in [0.3, 0.4) is 0 Å². The van der Waals surface area contributed by atoms with Gasteiger partial charge in [0.15, 0.2) is 5.82 Å². The summed E-state index contributed by atoms with van der Waals surface area (Å²) < 4.78 is 7.83. The molecule has 148 valence electrons. The van der Waals surface area contributed by atoms with Gasteiger partial charge in [-0.05, 0) is 36.8 Å². The molecular formula is C21H20BrN5O2. The minimum Gasteiger partial charge on any atom is -0.469 e. The average molecular weight is 454 g/mol. The summed E-state index contributed by atoms with van der Waals surface area (Å²) in [5, 5.41) is 8.82. The lowest BCUT2D eigenvalue weighted by atomic mass is 10.0. The molecule has 8 heteroatoms. The molecule has 0 aliphatic carbocycles. The van der Waals surface area contributed by atoms with Crippen molar-refractivity contribution in [1.29, 1.82) is 0 Å². The Morgan fingerprint density at radius 2 is 2.10 bits per heavy atom. The lowest BCUT2D eigenvalue weighted by molar-refractivity contribution is -0.140. The van der Waals surface area contributed by atoms with Gasteiger partial charge in [-0.15, -0.1) is 10.2 Å². The van der Waals surface area contributed by atoms with Crippen molar-refractivity contribution >= 4 is 27.6 Å². The first kappa shape index (κ1) is 19.4. The average Bonchev–Trinajstić information content (AvgIpc) is 3.12. The summed E-state index contributed by atoms with van der Waals surface area (Å²) in [6, 6.07) is 11.5. The van der Waals surface area contributed by atoms with Gasteiger partial charge in [-0.1, -0.05) is 28.9 Å². The van der Waals surface area contributed by atoms with Gasteiger partial charge in [0.1, 0.15) is 11.9 Å². The zero-order valence-corrected chi connectivity index (χ0v) is 17.8. The van der Waals surface area contributed by atoms with Crippen molar-refractivity contribution in [1.82, 2.24) is 19.7 Å². The molecule has 3 heterocycles. The zero-order valence-electron chi connectivity index (χ0n) is 16.2. The Bertz CT molecular complexity index is 1080. The Kier molecular flexibility index (Phi) is 5.53. The summed E-state index contributed by atoms with van der Waals surface area (Å²) in [5.74, 6) is 1.30. The quantitative estimate of drug-likeness (QED) is 0.548. The van der Waals surface area contributed by atoms with E-state index in [4.69, 9.17) is 9.73 Å². The number of aromatic nitrogens is 4. The molecule has 1 aliphatic rings. The number of esters is 1. The molecule has 3 aromatic rings. The molecular weight excluding hydrogens is 434 g/mol. The predicted octanol–water partition coefficient (Wildman–Crippen LogP) is 3.83. The van der Waals surface area contributed by atoms with Crippen LogP contribution in [0.15, 0.2) is 52.1 Å². The highest BCUT2D eigenvalue weighted by Crippen LogP contribution is 2.34. The van der Waals surface area contributed by atoms with E-state index in [0.29, 0.717) is 6.42 Å². The van der Waals surface area contributed by atoms with Gasteiger partial charge in [0.05, 0.1) is 24.2 Å². The number of aliphatic imine (C=N–C) groups is 1. The van der Waals surface area contributed by atoms with Gasteiger partial charge in [-0.3, -0.25) is 19.3 Å². The molecule has 7 nitrogen and oxygen atoms in total. The summed E-state index contributed by atoms with van der Waals surface area (Å²) >= 11 is 3.58. The normalized spacial score (nSPS) is 15.1. The molecule has 0 spiro atoms. The molecule has 0 amide bonds. The van der Waals surface area contributed by atoms with Gasteiger partial charge in [0, 0.05) is 29.1 Å². The first-order valence-electron chi connectivity index (χ1n) is 9.42. The van der Waals surface area contributed by atoms with Crippen LogP contribution in [0.4, 0.5) is 0 Å². The summed E-state index contributed by atoms with van der Waals surface area (Å²) in [5.41, 5.74) is 3.43. The van der Waals surface area contributed by atoms with E-state index >= 15 is 0 Å². The summed E-state index contributed by atoms with van der Waals surface area (Å²) in [4.78, 5) is 21.3. The van der Waals surface area contributed by atoms with Crippen LogP contribution in [-0.4, -0.2) is 38.5 Å². The number of ether oxygens (including phenoxy) is 1. The first-order chi connectivity index (χ1) is 14.1. The van der Waals surface area contributed by atoms with E-state index in [0.717, 1.165) is 45.2 Å². The molecule has 1 aromatic carbocycles. The highest BCUT2D eigenvalue weighted by molar-refractivity contribution is 9.10. The fourth-order valence-electron chi connectivity index (χ4n) is 3.47. The monoisotopic (exact) mass is 453 g/mol. The number of fused-ring (bicyclic) bond motifs is 3. The third kappa shape index (κ3) is 3.72. The lowest BCUT2D eigenvalue weighted by Gasteiger charge is -2.13. The number of nitrogens with zero attached hydrogens (tertiary/aromatic N) is 5. The van der Waals surface area contributed by atoms with Crippen LogP contribution in [-0.2, 0) is 16.0 Å². The van der Waals surface area contributed by atoms with Crippen LogP contribution in [0.25, 0.3) is 5.69 Å². The van der Waals surface area contributed by atoms with Gasteiger partial charge in [0.25, 0.3) is 0 Å². The fraction of sp³-hybridized carbons (Fsp3) is 0.286. The number of benzene rings is 1. The van der Waals surface area contributed by atoms with Crippen LogP contribution in [0.5, 0.6) is 0 Å². The number of halogens is 1. The first-order valence-corrected chi connectivity index (χ1v) is 10.2. The molecule has 0 saturated carbocycles. The highest BCUT2D eigenvalue weighted by Gasteiger charge is 2.29. The number of pyridine rings is 1. The zero-order chi connectivity index (χ0) is 20.4. The van der Waals surface area contributed by atoms with Crippen molar-refractivity contribution in [3.63, 3.8) is 0 Å². The third-order valence-electron chi connectivity index (χ3n) is 4.87. The van der Waals surface area contributed by atoms with Crippen LogP contribution in [0, 0.1) is 0 Å². The van der Waals surface area contributed by atoms with E-state index in [1.165, 1.54) is 7.11 Å². The molecule has 0 fully saturated rings.